The summed E-state index contributed by atoms with van der Waals surface area (Å²) in [7, 11) is 0. The standard InChI is InChI=1S/C29H50N6O10/c1-14(2)10-19(32-25(40)18(31-17(7)36)8-9-23(30)37)26(41)34-21(13-24(38)39)28(43)33-20(11-15(3)4)27(42)35-22(29(44)45)12-16(5)6/h14-16,18-22H,8-13H2,1-7H3,(H2,30,37)(H,31,36)(H,32,40)(H,33,43)(H,34,41)(H,35,42)(H,38,39)(H,44,45)/t18-,19-,20-,21-,22-/m0/s1. The molecule has 0 radical (unpaired) electrons. The van der Waals surface area contributed by atoms with E-state index in [4.69, 9.17) is 5.73 Å². The second-order valence-electron chi connectivity index (χ2n) is 12.3. The molecule has 0 aliphatic rings. The Morgan fingerprint density at radius 3 is 1.27 bits per heavy atom. The zero-order valence-electron chi connectivity index (χ0n) is 27.1. The molecule has 0 aliphatic heterocycles. The van der Waals surface area contributed by atoms with Crippen molar-refractivity contribution in [1.82, 2.24) is 26.6 Å². The number of carboxylic acids is 2. The summed E-state index contributed by atoms with van der Waals surface area (Å²) in [6.45, 7) is 11.8. The third-order valence-electron chi connectivity index (χ3n) is 6.39. The van der Waals surface area contributed by atoms with Crippen molar-refractivity contribution in [3.8, 4) is 0 Å². The van der Waals surface area contributed by atoms with Gasteiger partial charge in [-0.25, -0.2) is 4.79 Å². The molecule has 0 aliphatic carbocycles. The molecular weight excluding hydrogens is 592 g/mol. The fraction of sp³-hybridized carbons (Fsp3) is 0.724. The Bertz CT molecular complexity index is 1080. The van der Waals surface area contributed by atoms with Crippen LogP contribution in [0.2, 0.25) is 0 Å². The highest BCUT2D eigenvalue weighted by atomic mass is 16.4. The molecule has 0 rings (SSSR count). The molecule has 9 N–H and O–H groups in total. The second-order valence-corrected chi connectivity index (χ2v) is 12.3. The van der Waals surface area contributed by atoms with Crippen LogP contribution in [-0.4, -0.2) is 87.8 Å². The summed E-state index contributed by atoms with van der Waals surface area (Å²) >= 11 is 0. The highest BCUT2D eigenvalue weighted by molar-refractivity contribution is 5.97. The summed E-state index contributed by atoms with van der Waals surface area (Å²) in [5, 5.41) is 31.1. The van der Waals surface area contributed by atoms with Crippen molar-refractivity contribution >= 4 is 47.4 Å². The molecule has 6 amide bonds. The van der Waals surface area contributed by atoms with Crippen molar-refractivity contribution in [2.24, 2.45) is 23.5 Å². The van der Waals surface area contributed by atoms with Crippen LogP contribution in [0.5, 0.6) is 0 Å². The van der Waals surface area contributed by atoms with Gasteiger partial charge in [0.1, 0.15) is 30.2 Å². The van der Waals surface area contributed by atoms with E-state index in [9.17, 15) is 48.6 Å². The minimum atomic E-state index is -1.67. The summed E-state index contributed by atoms with van der Waals surface area (Å²) in [6.07, 6.45) is -0.951. The van der Waals surface area contributed by atoms with Crippen LogP contribution in [0.25, 0.3) is 0 Å². The highest BCUT2D eigenvalue weighted by Crippen LogP contribution is 2.11. The zero-order chi connectivity index (χ0) is 35.0. The van der Waals surface area contributed by atoms with Crippen molar-refractivity contribution in [2.75, 3.05) is 0 Å². The van der Waals surface area contributed by atoms with Gasteiger partial charge in [-0.2, -0.15) is 0 Å². The van der Waals surface area contributed by atoms with Crippen LogP contribution in [0.1, 0.15) is 87.0 Å². The summed E-state index contributed by atoms with van der Waals surface area (Å²) in [5.74, 6) is -7.82. The summed E-state index contributed by atoms with van der Waals surface area (Å²) in [6, 6.07) is -6.60. The number of nitrogens with one attached hydrogen (secondary N) is 5. The Morgan fingerprint density at radius 1 is 0.556 bits per heavy atom. The van der Waals surface area contributed by atoms with E-state index in [2.05, 4.69) is 26.6 Å². The molecule has 0 saturated carbocycles. The molecule has 0 aromatic heterocycles. The first-order chi connectivity index (χ1) is 20.7. The topological polar surface area (TPSA) is 263 Å². The number of carbonyl (C=O) groups is 8. The zero-order valence-corrected chi connectivity index (χ0v) is 27.1. The SMILES string of the molecule is CC(=O)N[C@@H](CCC(N)=O)C(=O)N[C@@H](CC(C)C)C(=O)N[C@@H](CC(=O)O)C(=O)N[C@@H](CC(C)C)C(=O)N[C@@H](CC(C)C)C(=O)O. The number of amides is 6. The lowest BCUT2D eigenvalue weighted by atomic mass is 9.99. The highest BCUT2D eigenvalue weighted by Gasteiger charge is 2.34. The number of rotatable bonds is 21. The quantitative estimate of drug-likeness (QED) is 0.0787. The molecular formula is C29H50N6O10. The van der Waals surface area contributed by atoms with E-state index in [0.717, 1.165) is 6.92 Å². The first-order valence-electron chi connectivity index (χ1n) is 14.9. The number of aliphatic carboxylic acids is 2. The fourth-order valence-corrected chi connectivity index (χ4v) is 4.37. The Kier molecular flexibility index (Phi) is 18.0. The van der Waals surface area contributed by atoms with E-state index in [1.807, 2.05) is 0 Å². The fourth-order valence-electron chi connectivity index (χ4n) is 4.37. The van der Waals surface area contributed by atoms with Gasteiger partial charge in [0.25, 0.3) is 0 Å². The van der Waals surface area contributed by atoms with Crippen LogP contribution in [0.4, 0.5) is 0 Å². The summed E-state index contributed by atoms with van der Waals surface area (Å²) in [5.41, 5.74) is 5.16. The molecule has 16 nitrogen and oxygen atoms in total. The van der Waals surface area contributed by atoms with Gasteiger partial charge in [0.05, 0.1) is 6.42 Å². The number of carboxylic acid groups (broad SMARTS) is 2. The lowest BCUT2D eigenvalue weighted by Gasteiger charge is -2.27. The molecule has 0 fully saturated rings. The van der Waals surface area contributed by atoms with Gasteiger partial charge in [0.2, 0.25) is 35.4 Å². The minimum absolute atomic E-state index is 0.0596. The average Bonchev–Trinajstić information content (AvgIpc) is 2.87. The smallest absolute Gasteiger partial charge is 0.326 e. The number of primary amides is 1. The molecule has 0 aromatic carbocycles. The third kappa shape index (κ3) is 17.6. The van der Waals surface area contributed by atoms with Crippen LogP contribution >= 0.6 is 0 Å². The maximum atomic E-state index is 13.3. The average molecular weight is 643 g/mol. The second kappa shape index (κ2) is 19.9. The Labute approximate surface area is 263 Å². The number of hydrogen-bond donors (Lipinski definition) is 8. The van der Waals surface area contributed by atoms with E-state index in [1.54, 1.807) is 41.5 Å². The van der Waals surface area contributed by atoms with Gasteiger partial charge in [0, 0.05) is 13.3 Å². The maximum absolute atomic E-state index is 13.3. The Balaban J connectivity index is 6.05. The first-order valence-corrected chi connectivity index (χ1v) is 14.9. The molecule has 256 valence electrons. The normalized spacial score (nSPS) is 14.4. The lowest BCUT2D eigenvalue weighted by molar-refractivity contribution is -0.143. The van der Waals surface area contributed by atoms with Crippen LogP contribution in [-0.2, 0) is 38.4 Å². The van der Waals surface area contributed by atoms with E-state index in [0.29, 0.717) is 0 Å². The molecule has 0 saturated heterocycles. The largest absolute Gasteiger partial charge is 0.481 e. The lowest BCUT2D eigenvalue weighted by Crippen LogP contribution is -2.59. The molecule has 16 heteroatoms. The maximum Gasteiger partial charge on any atom is 0.326 e. The third-order valence-corrected chi connectivity index (χ3v) is 6.39. The van der Waals surface area contributed by atoms with Crippen molar-refractivity contribution in [1.29, 1.82) is 0 Å². The van der Waals surface area contributed by atoms with Crippen LogP contribution in [0, 0.1) is 17.8 Å². The number of hydrogen-bond acceptors (Lipinski definition) is 8. The molecule has 0 bridgehead atoms. The van der Waals surface area contributed by atoms with Gasteiger partial charge >= 0.3 is 11.9 Å². The van der Waals surface area contributed by atoms with Crippen molar-refractivity contribution in [2.45, 2.75) is 117 Å². The molecule has 0 spiro atoms. The molecule has 45 heavy (non-hydrogen) atoms. The van der Waals surface area contributed by atoms with Crippen molar-refractivity contribution < 1.29 is 48.6 Å². The van der Waals surface area contributed by atoms with Crippen molar-refractivity contribution in [3.63, 3.8) is 0 Å². The Hall–Kier alpha value is -4.24. The van der Waals surface area contributed by atoms with Crippen LogP contribution in [0.3, 0.4) is 0 Å². The summed E-state index contributed by atoms with van der Waals surface area (Å²) in [4.78, 5) is 98.9. The molecule has 0 aromatic rings. The van der Waals surface area contributed by atoms with Crippen molar-refractivity contribution in [3.05, 3.63) is 0 Å². The monoisotopic (exact) mass is 642 g/mol. The number of nitrogens with two attached hydrogens (primary N) is 1. The van der Waals surface area contributed by atoms with E-state index in [-0.39, 0.29) is 49.9 Å². The van der Waals surface area contributed by atoms with Gasteiger partial charge in [-0.05, 0) is 43.4 Å². The van der Waals surface area contributed by atoms with Crippen LogP contribution < -0.4 is 32.3 Å². The van der Waals surface area contributed by atoms with Gasteiger partial charge in [0.15, 0.2) is 0 Å². The van der Waals surface area contributed by atoms with Gasteiger partial charge in [-0.1, -0.05) is 41.5 Å². The van der Waals surface area contributed by atoms with E-state index in [1.165, 1.54) is 0 Å². The van der Waals surface area contributed by atoms with E-state index < -0.39 is 84.0 Å². The first kappa shape index (κ1) is 40.8. The minimum Gasteiger partial charge on any atom is -0.481 e. The predicted octanol–water partition coefficient (Wildman–Crippen LogP) is -0.607. The van der Waals surface area contributed by atoms with Gasteiger partial charge < -0.3 is 42.5 Å². The van der Waals surface area contributed by atoms with Gasteiger partial charge in [-0.15, -0.1) is 0 Å². The van der Waals surface area contributed by atoms with E-state index >= 15 is 0 Å². The number of carbonyl (C=O) groups excluding carboxylic acids is 6. The molecule has 5 atom stereocenters. The summed E-state index contributed by atoms with van der Waals surface area (Å²) < 4.78 is 0. The predicted molar refractivity (Wildman–Crippen MR) is 162 cm³/mol. The van der Waals surface area contributed by atoms with Crippen LogP contribution in [0.15, 0.2) is 0 Å². The molecule has 0 heterocycles. The molecule has 0 unspecified atom stereocenters. The Morgan fingerprint density at radius 2 is 0.911 bits per heavy atom. The van der Waals surface area contributed by atoms with Gasteiger partial charge in [-0.3, -0.25) is 33.6 Å².